The maximum Gasteiger partial charge on any atom is 0.247 e. The lowest BCUT2D eigenvalue weighted by Crippen LogP contribution is -2.56. The highest BCUT2D eigenvalue weighted by Crippen LogP contribution is 2.47. The van der Waals surface area contributed by atoms with E-state index in [1.54, 1.807) is 17.1 Å². The Balaban J connectivity index is 1.73. The lowest BCUT2D eigenvalue weighted by Gasteiger charge is -2.42. The van der Waals surface area contributed by atoms with E-state index in [-0.39, 0.29) is 25.0 Å². The Morgan fingerprint density at radius 1 is 1.18 bits per heavy atom. The van der Waals surface area contributed by atoms with Crippen molar-refractivity contribution in [3.05, 3.63) is 53.1 Å². The molecule has 34 heavy (non-hydrogen) atoms. The van der Waals surface area contributed by atoms with Crippen LogP contribution < -0.4 is 10.1 Å². The lowest BCUT2D eigenvalue weighted by molar-refractivity contribution is -0.133. The molecule has 4 rings (SSSR count). The average molecular weight is 469 g/mol. The van der Waals surface area contributed by atoms with Crippen molar-refractivity contribution in [3.63, 3.8) is 0 Å². The number of ether oxygens (including phenoxy) is 1. The van der Waals surface area contributed by atoms with Crippen LogP contribution in [-0.2, 0) is 9.59 Å². The van der Waals surface area contributed by atoms with Crippen molar-refractivity contribution in [2.75, 3.05) is 19.7 Å². The molecule has 0 aromatic heterocycles. The lowest BCUT2D eigenvalue weighted by atomic mass is 9.77. The van der Waals surface area contributed by atoms with Crippen LogP contribution in [0, 0.1) is 5.92 Å². The van der Waals surface area contributed by atoms with Crippen LogP contribution in [0.4, 0.5) is 0 Å². The Labute approximate surface area is 201 Å². The van der Waals surface area contributed by atoms with Crippen LogP contribution in [0.15, 0.2) is 47.6 Å². The normalized spacial score (nSPS) is 25.9. The van der Waals surface area contributed by atoms with Crippen molar-refractivity contribution in [2.45, 2.75) is 70.1 Å². The molecule has 1 aromatic carbocycles. The van der Waals surface area contributed by atoms with Gasteiger partial charge in [-0.2, -0.15) is 0 Å². The summed E-state index contributed by atoms with van der Waals surface area (Å²) in [5, 5.41) is 23.5. The van der Waals surface area contributed by atoms with Gasteiger partial charge in [-0.05, 0) is 44.7 Å². The van der Waals surface area contributed by atoms with Crippen molar-refractivity contribution >= 4 is 11.8 Å². The van der Waals surface area contributed by atoms with E-state index < -0.39 is 24.2 Å². The van der Waals surface area contributed by atoms with Crippen LogP contribution >= 0.6 is 0 Å². The monoisotopic (exact) mass is 468 g/mol. The summed E-state index contributed by atoms with van der Waals surface area (Å²) in [6.07, 6.45) is 7.34. The number of carbonyl (C=O) groups is 2. The van der Waals surface area contributed by atoms with Gasteiger partial charge in [-0.25, -0.2) is 0 Å². The molecule has 3 aliphatic rings. The van der Waals surface area contributed by atoms with Crippen molar-refractivity contribution in [3.8, 4) is 5.75 Å². The number of carbonyl (C=O) groups excluding carboxylic acids is 2. The Morgan fingerprint density at radius 3 is 2.62 bits per heavy atom. The van der Waals surface area contributed by atoms with E-state index >= 15 is 0 Å². The smallest absolute Gasteiger partial charge is 0.247 e. The molecule has 1 aromatic rings. The quantitative estimate of drug-likeness (QED) is 0.535. The summed E-state index contributed by atoms with van der Waals surface area (Å²) >= 11 is 0. The number of aliphatic hydroxyl groups excluding tert-OH is 2. The topological polar surface area (TPSA) is 99.1 Å². The second-order valence-corrected chi connectivity index (χ2v) is 9.90. The van der Waals surface area contributed by atoms with Crippen molar-refractivity contribution in [1.29, 1.82) is 0 Å². The summed E-state index contributed by atoms with van der Waals surface area (Å²) in [6, 6.07) is 6.82. The van der Waals surface area contributed by atoms with Gasteiger partial charge in [0.05, 0.1) is 18.6 Å². The van der Waals surface area contributed by atoms with Crippen LogP contribution in [0.1, 0.15) is 57.4 Å². The number of benzene rings is 1. The minimum absolute atomic E-state index is 0.131. The number of hydrogen-bond acceptors (Lipinski definition) is 5. The number of allylic oxidation sites excluding steroid dienone is 1. The number of para-hydroxylation sites is 1. The van der Waals surface area contributed by atoms with Crippen molar-refractivity contribution in [2.24, 2.45) is 5.92 Å². The zero-order valence-corrected chi connectivity index (χ0v) is 20.1. The summed E-state index contributed by atoms with van der Waals surface area (Å²) in [7, 11) is 0. The largest absolute Gasteiger partial charge is 0.486 e. The molecule has 1 saturated carbocycles. The molecule has 2 amide bonds. The molecule has 7 nitrogen and oxygen atoms in total. The van der Waals surface area contributed by atoms with Crippen molar-refractivity contribution in [1.82, 2.24) is 10.2 Å². The second kappa shape index (κ2) is 10.7. The Morgan fingerprint density at radius 2 is 1.91 bits per heavy atom. The molecule has 1 heterocycles. The number of nitrogens with one attached hydrogen (secondary N) is 1. The van der Waals surface area contributed by atoms with E-state index in [0.29, 0.717) is 23.8 Å². The van der Waals surface area contributed by atoms with E-state index in [1.807, 2.05) is 38.1 Å². The highest BCUT2D eigenvalue weighted by Gasteiger charge is 2.50. The van der Waals surface area contributed by atoms with Crippen LogP contribution in [-0.4, -0.2) is 64.9 Å². The molecule has 3 N–H and O–H groups in total. The van der Waals surface area contributed by atoms with Crippen LogP contribution in [0.5, 0.6) is 5.75 Å². The first-order valence-electron chi connectivity index (χ1n) is 12.4. The number of amides is 2. The standard InChI is InChI=1S/C27H36N2O5/c1-17(2)14-23(31)29(16-18-8-4-3-5-9-18)21-15-20(27(33)28-12-13-30)24-19-10-6-7-11-22(19)34-26(24)25(21)32/h6-7,10-11,14-15,18,21,24-26,30,32H,3-5,8-9,12-13,16H2,1-2H3,(H,28,33)/t21-,24+,25+,26+/m1/s1. The molecule has 1 aliphatic heterocycles. The van der Waals surface area contributed by atoms with Gasteiger partial charge >= 0.3 is 0 Å². The van der Waals surface area contributed by atoms with Crippen LogP contribution in [0.25, 0.3) is 0 Å². The van der Waals surface area contributed by atoms with Gasteiger partial charge in [-0.3, -0.25) is 9.59 Å². The zero-order valence-electron chi connectivity index (χ0n) is 20.1. The van der Waals surface area contributed by atoms with Crippen LogP contribution in [0.3, 0.4) is 0 Å². The minimum Gasteiger partial charge on any atom is -0.486 e. The fraction of sp³-hybridized carbons (Fsp3) is 0.556. The summed E-state index contributed by atoms with van der Waals surface area (Å²) in [5.41, 5.74) is 2.21. The second-order valence-electron chi connectivity index (χ2n) is 9.90. The molecule has 0 saturated heterocycles. The van der Waals surface area contributed by atoms with Gasteiger partial charge in [0.25, 0.3) is 0 Å². The van der Waals surface area contributed by atoms with Gasteiger partial charge in [0, 0.05) is 30.3 Å². The zero-order chi connectivity index (χ0) is 24.2. The summed E-state index contributed by atoms with van der Waals surface area (Å²) < 4.78 is 6.17. The number of aliphatic hydroxyl groups is 2. The van der Waals surface area contributed by atoms with Gasteiger partial charge in [-0.15, -0.1) is 0 Å². The molecule has 7 heteroatoms. The fourth-order valence-electron chi connectivity index (χ4n) is 5.53. The Hall–Kier alpha value is -2.64. The van der Waals surface area contributed by atoms with E-state index in [4.69, 9.17) is 4.74 Å². The third-order valence-electron chi connectivity index (χ3n) is 7.11. The van der Waals surface area contributed by atoms with Gasteiger partial charge in [0.1, 0.15) is 18.0 Å². The maximum absolute atomic E-state index is 13.4. The first-order chi connectivity index (χ1) is 16.4. The highest BCUT2D eigenvalue weighted by atomic mass is 16.5. The Kier molecular flexibility index (Phi) is 7.73. The highest BCUT2D eigenvalue weighted by molar-refractivity contribution is 5.96. The number of fused-ring (bicyclic) bond motifs is 3. The van der Waals surface area contributed by atoms with Crippen molar-refractivity contribution < 1.29 is 24.5 Å². The third-order valence-corrected chi connectivity index (χ3v) is 7.11. The SMILES string of the molecule is CC(C)=CC(=O)N(CC1CCCCC1)[C@@H]1C=C(C(=O)NCCO)[C@@H]2c3ccccc3O[C@@H]2[C@H]1O. The number of nitrogens with zero attached hydrogens (tertiary/aromatic N) is 1. The van der Waals surface area contributed by atoms with E-state index in [1.165, 1.54) is 6.42 Å². The molecule has 184 valence electrons. The molecule has 0 radical (unpaired) electrons. The van der Waals surface area contributed by atoms with Gasteiger partial charge in [-0.1, -0.05) is 43.0 Å². The molecule has 1 fully saturated rings. The van der Waals surface area contributed by atoms with Gasteiger partial charge in [0.15, 0.2) is 0 Å². The predicted octanol–water partition coefficient (Wildman–Crippen LogP) is 2.68. The molecule has 0 spiro atoms. The maximum atomic E-state index is 13.4. The number of hydrogen-bond donors (Lipinski definition) is 3. The predicted molar refractivity (Wildman–Crippen MR) is 129 cm³/mol. The van der Waals surface area contributed by atoms with E-state index in [2.05, 4.69) is 5.32 Å². The summed E-state index contributed by atoms with van der Waals surface area (Å²) in [6.45, 7) is 4.26. The first kappa shape index (κ1) is 24.5. The summed E-state index contributed by atoms with van der Waals surface area (Å²) in [5.74, 6) is 0.113. The molecular formula is C27H36N2O5. The van der Waals surface area contributed by atoms with Crippen LogP contribution in [0.2, 0.25) is 0 Å². The fourth-order valence-corrected chi connectivity index (χ4v) is 5.53. The summed E-state index contributed by atoms with van der Waals surface area (Å²) in [4.78, 5) is 28.3. The first-order valence-corrected chi connectivity index (χ1v) is 12.4. The minimum atomic E-state index is -0.982. The molecular weight excluding hydrogens is 432 g/mol. The Bertz CT molecular complexity index is 962. The molecule has 2 aliphatic carbocycles. The van der Waals surface area contributed by atoms with Gasteiger partial charge < -0.3 is 25.2 Å². The molecule has 4 atom stereocenters. The average Bonchev–Trinajstić information content (AvgIpc) is 3.22. The molecule has 0 bridgehead atoms. The third kappa shape index (κ3) is 5.05. The van der Waals surface area contributed by atoms with Gasteiger partial charge in [0.2, 0.25) is 11.8 Å². The van der Waals surface area contributed by atoms with E-state index in [0.717, 1.165) is 36.8 Å². The number of rotatable bonds is 7. The molecule has 0 unspecified atom stereocenters. The van der Waals surface area contributed by atoms with E-state index in [9.17, 15) is 19.8 Å².